The maximum absolute atomic E-state index is 6.01. The quantitative estimate of drug-likeness (QED) is 0.672. The molecule has 2 heteroatoms. The van der Waals surface area contributed by atoms with Gasteiger partial charge < -0.3 is 4.74 Å². The summed E-state index contributed by atoms with van der Waals surface area (Å²) in [5.74, 6) is 2.12. The molecule has 0 saturated heterocycles. The number of halogens is 1. The Balaban J connectivity index is 2.71. The van der Waals surface area contributed by atoms with E-state index in [1.165, 1.54) is 5.92 Å². The molecule has 1 radical (unpaired) electrons. The summed E-state index contributed by atoms with van der Waals surface area (Å²) in [6.45, 7) is 7.05. The molecular weight excluding hydrogens is 208 g/mol. The van der Waals surface area contributed by atoms with E-state index in [2.05, 4.69) is 20.8 Å². The monoisotopic (exact) mass is 225 g/mol. The summed E-state index contributed by atoms with van der Waals surface area (Å²) in [5.41, 5.74) is 1.15. The minimum Gasteiger partial charge on any atom is -0.494 e. The van der Waals surface area contributed by atoms with Gasteiger partial charge in [-0.25, -0.2) is 0 Å². The van der Waals surface area contributed by atoms with Crippen molar-refractivity contribution in [1.82, 2.24) is 0 Å². The van der Waals surface area contributed by atoms with Crippen LogP contribution >= 0.6 is 11.6 Å². The Bertz CT molecular complexity index is 307. The zero-order chi connectivity index (χ0) is 11.3. The van der Waals surface area contributed by atoms with Crippen LogP contribution in [-0.4, -0.2) is 6.61 Å². The van der Waals surface area contributed by atoms with E-state index in [1.807, 2.05) is 18.2 Å². The molecule has 0 amide bonds. The van der Waals surface area contributed by atoms with E-state index in [9.17, 15) is 0 Å². The average Bonchev–Trinajstić information content (AvgIpc) is 2.17. The van der Waals surface area contributed by atoms with Crippen molar-refractivity contribution in [3.05, 3.63) is 34.7 Å². The second-order valence-corrected chi connectivity index (χ2v) is 4.31. The van der Waals surface area contributed by atoms with Crippen molar-refractivity contribution in [3.63, 3.8) is 0 Å². The highest BCUT2D eigenvalue weighted by Crippen LogP contribution is 2.25. The number of ether oxygens (including phenoxy) is 1. The number of rotatable bonds is 5. The van der Waals surface area contributed by atoms with Gasteiger partial charge >= 0.3 is 0 Å². The highest BCUT2D eigenvalue weighted by Gasteiger charge is 2.04. The molecule has 0 saturated carbocycles. The number of hydrogen-bond donors (Lipinski definition) is 0. The topological polar surface area (TPSA) is 9.23 Å². The molecule has 1 aromatic rings. The average molecular weight is 226 g/mol. The third kappa shape index (κ3) is 4.13. The molecule has 0 bridgehead atoms. The van der Waals surface area contributed by atoms with Gasteiger partial charge in [0, 0.05) is 5.02 Å². The molecule has 0 aliphatic carbocycles. The predicted molar refractivity (Wildman–Crippen MR) is 65.5 cm³/mol. The largest absolute Gasteiger partial charge is 0.494 e. The number of unbranched alkanes of at least 4 members (excludes halogenated alkanes) is 1. The molecule has 1 aromatic carbocycles. The summed E-state index contributed by atoms with van der Waals surface area (Å²) in [5, 5.41) is 0.736. The summed E-state index contributed by atoms with van der Waals surface area (Å²) in [4.78, 5) is 0. The zero-order valence-corrected chi connectivity index (χ0v) is 10.4. The van der Waals surface area contributed by atoms with Crippen LogP contribution in [0.5, 0.6) is 5.75 Å². The van der Waals surface area contributed by atoms with Gasteiger partial charge in [0.1, 0.15) is 5.75 Å². The minimum atomic E-state index is 0.736. The Labute approximate surface area is 97.4 Å². The van der Waals surface area contributed by atoms with Crippen molar-refractivity contribution in [3.8, 4) is 5.75 Å². The van der Waals surface area contributed by atoms with Gasteiger partial charge in [0.25, 0.3) is 0 Å². The van der Waals surface area contributed by atoms with Crippen LogP contribution in [0.1, 0.15) is 39.2 Å². The molecule has 0 unspecified atom stereocenters. The second-order valence-electron chi connectivity index (χ2n) is 3.88. The van der Waals surface area contributed by atoms with Crippen LogP contribution in [0, 0.1) is 5.92 Å². The lowest BCUT2D eigenvalue weighted by molar-refractivity contribution is 0.309. The summed E-state index contributed by atoms with van der Waals surface area (Å²) in [6, 6.07) is 5.87. The fraction of sp³-hybridized carbons (Fsp3) is 0.462. The zero-order valence-electron chi connectivity index (χ0n) is 9.64. The first-order valence-corrected chi connectivity index (χ1v) is 5.75. The summed E-state index contributed by atoms with van der Waals surface area (Å²) in [7, 11) is 0. The van der Waals surface area contributed by atoms with Gasteiger partial charge in [0.05, 0.1) is 6.61 Å². The molecule has 1 rings (SSSR count). The number of benzene rings is 1. The fourth-order valence-corrected chi connectivity index (χ4v) is 1.49. The summed E-state index contributed by atoms with van der Waals surface area (Å²) < 4.78 is 5.62. The van der Waals surface area contributed by atoms with Crippen LogP contribution in [0.25, 0.3) is 0 Å². The Morgan fingerprint density at radius 1 is 1.27 bits per heavy atom. The van der Waals surface area contributed by atoms with Crippen LogP contribution < -0.4 is 4.74 Å². The first kappa shape index (κ1) is 12.4. The molecule has 0 aromatic heterocycles. The Morgan fingerprint density at radius 2 is 2.00 bits per heavy atom. The minimum absolute atomic E-state index is 0.736. The van der Waals surface area contributed by atoms with Crippen LogP contribution in [0.4, 0.5) is 0 Å². The van der Waals surface area contributed by atoms with Gasteiger partial charge in [-0.2, -0.15) is 0 Å². The Kier molecular flexibility index (Phi) is 4.97. The standard InChI is InChI=1S/C13H18ClO/c1-4-5-6-15-13-8-11(10(2)3)7-12(14)9-13/h7-9H,4-6H2,1-3H3. The van der Waals surface area contributed by atoms with Crippen molar-refractivity contribution in [2.45, 2.75) is 33.6 Å². The molecule has 1 nitrogen and oxygen atoms in total. The smallest absolute Gasteiger partial charge is 0.121 e. The van der Waals surface area contributed by atoms with E-state index in [0.717, 1.165) is 35.8 Å². The van der Waals surface area contributed by atoms with E-state index in [0.29, 0.717) is 0 Å². The van der Waals surface area contributed by atoms with Gasteiger partial charge in [-0.1, -0.05) is 38.8 Å². The molecule has 0 fully saturated rings. The molecule has 0 spiro atoms. The summed E-state index contributed by atoms with van der Waals surface area (Å²) >= 11 is 6.01. The highest BCUT2D eigenvalue weighted by atomic mass is 35.5. The Hall–Kier alpha value is -0.690. The third-order valence-corrected chi connectivity index (χ3v) is 2.43. The third-order valence-electron chi connectivity index (χ3n) is 2.22. The van der Waals surface area contributed by atoms with Crippen molar-refractivity contribution in [2.75, 3.05) is 6.61 Å². The molecule has 15 heavy (non-hydrogen) atoms. The Morgan fingerprint density at radius 3 is 2.60 bits per heavy atom. The van der Waals surface area contributed by atoms with Crippen LogP contribution in [-0.2, 0) is 0 Å². The highest BCUT2D eigenvalue weighted by molar-refractivity contribution is 6.30. The molecule has 0 N–H and O–H groups in total. The fourth-order valence-electron chi connectivity index (χ4n) is 1.27. The maximum atomic E-state index is 6.01. The molecule has 0 aliphatic heterocycles. The van der Waals surface area contributed by atoms with Gasteiger partial charge in [-0.15, -0.1) is 0 Å². The second kappa shape index (κ2) is 6.02. The van der Waals surface area contributed by atoms with Crippen LogP contribution in [0.2, 0.25) is 5.02 Å². The lowest BCUT2D eigenvalue weighted by Crippen LogP contribution is -1.98. The van der Waals surface area contributed by atoms with Gasteiger partial charge in [-0.3, -0.25) is 0 Å². The first-order valence-electron chi connectivity index (χ1n) is 5.37. The van der Waals surface area contributed by atoms with Crippen molar-refractivity contribution >= 4 is 11.6 Å². The van der Waals surface area contributed by atoms with Crippen molar-refractivity contribution in [2.24, 2.45) is 0 Å². The maximum Gasteiger partial charge on any atom is 0.121 e. The van der Waals surface area contributed by atoms with E-state index in [-0.39, 0.29) is 0 Å². The predicted octanol–water partition coefficient (Wildman–Crippen LogP) is 4.48. The van der Waals surface area contributed by atoms with Crippen LogP contribution in [0.15, 0.2) is 18.2 Å². The van der Waals surface area contributed by atoms with E-state index in [1.54, 1.807) is 0 Å². The lowest BCUT2D eigenvalue weighted by Gasteiger charge is -2.10. The number of hydrogen-bond acceptors (Lipinski definition) is 1. The lowest BCUT2D eigenvalue weighted by atomic mass is 10.0. The molecule has 83 valence electrons. The molecule has 0 heterocycles. The van der Waals surface area contributed by atoms with Crippen molar-refractivity contribution < 1.29 is 4.74 Å². The van der Waals surface area contributed by atoms with E-state index >= 15 is 0 Å². The summed E-state index contributed by atoms with van der Waals surface area (Å²) in [6.07, 6.45) is 2.23. The van der Waals surface area contributed by atoms with Gasteiger partial charge in [0.15, 0.2) is 0 Å². The molecule has 0 aliphatic rings. The SMILES string of the molecule is CCCCOc1cc(Cl)cc([C](C)C)c1. The normalized spacial score (nSPS) is 10.7. The van der Waals surface area contributed by atoms with Crippen molar-refractivity contribution in [1.29, 1.82) is 0 Å². The molecule has 0 atom stereocenters. The van der Waals surface area contributed by atoms with Gasteiger partial charge in [-0.05, 0) is 36.1 Å². The van der Waals surface area contributed by atoms with E-state index < -0.39 is 0 Å². The van der Waals surface area contributed by atoms with E-state index in [4.69, 9.17) is 16.3 Å². The van der Waals surface area contributed by atoms with Gasteiger partial charge in [0.2, 0.25) is 0 Å². The van der Waals surface area contributed by atoms with Crippen LogP contribution in [0.3, 0.4) is 0 Å². The first-order chi connectivity index (χ1) is 7.13. The molecular formula is C13H18ClO.